The lowest BCUT2D eigenvalue weighted by molar-refractivity contribution is 0.773. The summed E-state index contributed by atoms with van der Waals surface area (Å²) in [4.78, 5) is 4.02. The van der Waals surface area contributed by atoms with E-state index in [1.165, 1.54) is 11.1 Å². The number of benzene rings is 1. The van der Waals surface area contributed by atoms with Crippen molar-refractivity contribution in [2.24, 2.45) is 0 Å². The molecule has 0 amide bonds. The monoisotopic (exact) mass is 323 g/mol. The third-order valence-electron chi connectivity index (χ3n) is 3.02. The second-order valence-electron chi connectivity index (χ2n) is 4.44. The molecular formula is C15H15BrClN. The average molecular weight is 325 g/mol. The molecule has 18 heavy (non-hydrogen) atoms. The van der Waals surface area contributed by atoms with Crippen molar-refractivity contribution in [3.05, 3.63) is 64.4 Å². The Morgan fingerprint density at radius 2 is 2.17 bits per heavy atom. The number of alkyl halides is 1. The van der Waals surface area contributed by atoms with E-state index in [0.29, 0.717) is 5.92 Å². The second-order valence-corrected chi connectivity index (χ2v) is 5.49. The third kappa shape index (κ3) is 3.33. The van der Waals surface area contributed by atoms with Crippen molar-refractivity contribution < 1.29 is 0 Å². The molecule has 0 radical (unpaired) electrons. The van der Waals surface area contributed by atoms with E-state index in [-0.39, 0.29) is 0 Å². The molecule has 0 bridgehead atoms. The zero-order chi connectivity index (χ0) is 13.0. The summed E-state index contributed by atoms with van der Waals surface area (Å²) >= 11 is 9.77. The topological polar surface area (TPSA) is 12.9 Å². The molecule has 0 saturated heterocycles. The van der Waals surface area contributed by atoms with Crippen LogP contribution in [-0.2, 0) is 6.42 Å². The number of hydrogen-bond donors (Lipinski definition) is 0. The normalized spacial score (nSPS) is 12.4. The summed E-state index contributed by atoms with van der Waals surface area (Å²) < 4.78 is 0. The maximum absolute atomic E-state index is 6.17. The van der Waals surface area contributed by atoms with Crippen LogP contribution in [0, 0.1) is 6.92 Å². The summed E-state index contributed by atoms with van der Waals surface area (Å²) in [6, 6.07) is 10.6. The first-order valence-electron chi connectivity index (χ1n) is 5.91. The van der Waals surface area contributed by atoms with E-state index in [2.05, 4.69) is 52.1 Å². The summed E-state index contributed by atoms with van der Waals surface area (Å²) in [7, 11) is 0. The molecule has 0 spiro atoms. The molecule has 0 aliphatic carbocycles. The maximum Gasteiger partial charge on any atom is 0.0621 e. The Hall–Kier alpha value is -0.860. The van der Waals surface area contributed by atoms with Crippen molar-refractivity contribution in [2.75, 3.05) is 5.33 Å². The molecular weight excluding hydrogens is 310 g/mol. The van der Waals surface area contributed by atoms with Crippen molar-refractivity contribution in [2.45, 2.75) is 19.3 Å². The van der Waals surface area contributed by atoms with Gasteiger partial charge in [0, 0.05) is 17.7 Å². The zero-order valence-corrected chi connectivity index (χ0v) is 12.6. The highest BCUT2D eigenvalue weighted by Crippen LogP contribution is 2.26. The van der Waals surface area contributed by atoms with Crippen LogP contribution in [0.2, 0.25) is 5.02 Å². The van der Waals surface area contributed by atoms with Gasteiger partial charge in [-0.3, -0.25) is 4.98 Å². The van der Waals surface area contributed by atoms with Crippen LogP contribution in [0.1, 0.15) is 22.6 Å². The highest BCUT2D eigenvalue weighted by atomic mass is 79.9. The predicted molar refractivity (Wildman–Crippen MR) is 80.7 cm³/mol. The van der Waals surface area contributed by atoms with Crippen molar-refractivity contribution in [1.82, 2.24) is 4.98 Å². The highest BCUT2D eigenvalue weighted by Gasteiger charge is 2.13. The molecule has 1 atom stereocenters. The lowest BCUT2D eigenvalue weighted by Crippen LogP contribution is -2.05. The van der Waals surface area contributed by atoms with Gasteiger partial charge in [0.05, 0.1) is 5.02 Å². The van der Waals surface area contributed by atoms with E-state index in [0.717, 1.165) is 22.3 Å². The van der Waals surface area contributed by atoms with Gasteiger partial charge in [0.1, 0.15) is 0 Å². The van der Waals surface area contributed by atoms with Crippen molar-refractivity contribution in [1.29, 1.82) is 0 Å². The fourth-order valence-electron chi connectivity index (χ4n) is 2.02. The summed E-state index contributed by atoms with van der Waals surface area (Å²) in [5, 5.41) is 1.67. The minimum atomic E-state index is 0.435. The van der Waals surface area contributed by atoms with Gasteiger partial charge in [-0.1, -0.05) is 57.4 Å². The fraction of sp³-hybridized carbons (Fsp3) is 0.267. The number of hydrogen-bond acceptors (Lipinski definition) is 1. The van der Waals surface area contributed by atoms with Crippen molar-refractivity contribution in [3.8, 4) is 0 Å². The molecule has 2 aromatic rings. The zero-order valence-electron chi connectivity index (χ0n) is 10.2. The van der Waals surface area contributed by atoms with Gasteiger partial charge in [-0.15, -0.1) is 0 Å². The SMILES string of the molecule is Cc1cccc(C(CBr)Cc2ccncc2Cl)c1. The number of aryl methyl sites for hydroxylation is 1. The van der Waals surface area contributed by atoms with E-state index in [1.54, 1.807) is 12.4 Å². The Balaban J connectivity index is 2.23. The van der Waals surface area contributed by atoms with Crippen LogP contribution in [0.4, 0.5) is 0 Å². The van der Waals surface area contributed by atoms with Crippen LogP contribution < -0.4 is 0 Å². The molecule has 0 N–H and O–H groups in total. The smallest absolute Gasteiger partial charge is 0.0621 e. The molecule has 2 rings (SSSR count). The quantitative estimate of drug-likeness (QED) is 0.739. The predicted octanol–water partition coefficient (Wildman–Crippen LogP) is 4.76. The lowest BCUT2D eigenvalue weighted by Gasteiger charge is -2.16. The molecule has 94 valence electrons. The number of nitrogens with zero attached hydrogens (tertiary/aromatic N) is 1. The van der Waals surface area contributed by atoms with Crippen LogP contribution in [0.3, 0.4) is 0 Å². The second kappa shape index (κ2) is 6.35. The van der Waals surface area contributed by atoms with Gasteiger partial charge >= 0.3 is 0 Å². The van der Waals surface area contributed by atoms with Crippen molar-refractivity contribution in [3.63, 3.8) is 0 Å². The van der Waals surface area contributed by atoms with E-state index in [9.17, 15) is 0 Å². The molecule has 0 aliphatic heterocycles. The molecule has 1 aromatic carbocycles. The van der Waals surface area contributed by atoms with Gasteiger partial charge in [0.15, 0.2) is 0 Å². The number of rotatable bonds is 4. The standard InChI is InChI=1S/C15H15BrClN/c1-11-3-2-4-12(7-11)14(9-16)8-13-5-6-18-10-15(13)17/h2-7,10,14H,8-9H2,1H3. The van der Waals surface area contributed by atoms with E-state index in [4.69, 9.17) is 11.6 Å². The Morgan fingerprint density at radius 3 is 2.83 bits per heavy atom. The first-order valence-corrected chi connectivity index (χ1v) is 7.41. The Morgan fingerprint density at radius 1 is 1.33 bits per heavy atom. The number of halogens is 2. The van der Waals surface area contributed by atoms with Gasteiger partial charge in [0.2, 0.25) is 0 Å². The molecule has 1 unspecified atom stereocenters. The van der Waals surface area contributed by atoms with Crippen LogP contribution in [-0.4, -0.2) is 10.3 Å². The van der Waals surface area contributed by atoms with E-state index in [1.807, 2.05) is 6.07 Å². The van der Waals surface area contributed by atoms with Crippen LogP contribution in [0.25, 0.3) is 0 Å². The van der Waals surface area contributed by atoms with E-state index < -0.39 is 0 Å². The average Bonchev–Trinajstić information content (AvgIpc) is 2.38. The summed E-state index contributed by atoms with van der Waals surface area (Å²) in [5.41, 5.74) is 3.79. The van der Waals surface area contributed by atoms with Crippen LogP contribution in [0.5, 0.6) is 0 Å². The molecule has 0 fully saturated rings. The Bertz CT molecular complexity index is 527. The molecule has 1 heterocycles. The molecule has 1 nitrogen and oxygen atoms in total. The molecule has 0 aliphatic rings. The molecule has 0 saturated carbocycles. The maximum atomic E-state index is 6.17. The Kier molecular flexibility index (Phi) is 4.79. The van der Waals surface area contributed by atoms with Gasteiger partial charge in [-0.2, -0.15) is 0 Å². The largest absolute Gasteiger partial charge is 0.263 e. The lowest BCUT2D eigenvalue weighted by atomic mass is 9.93. The van der Waals surface area contributed by atoms with Gasteiger partial charge < -0.3 is 0 Å². The number of aromatic nitrogens is 1. The summed E-state index contributed by atoms with van der Waals surface area (Å²) in [5.74, 6) is 0.435. The van der Waals surface area contributed by atoms with Gasteiger partial charge in [-0.05, 0) is 36.5 Å². The fourth-order valence-corrected chi connectivity index (χ4v) is 2.82. The van der Waals surface area contributed by atoms with Crippen LogP contribution in [0.15, 0.2) is 42.7 Å². The van der Waals surface area contributed by atoms with E-state index >= 15 is 0 Å². The third-order valence-corrected chi connectivity index (χ3v) is 4.14. The minimum Gasteiger partial charge on any atom is -0.263 e. The van der Waals surface area contributed by atoms with Gasteiger partial charge in [0.25, 0.3) is 0 Å². The molecule has 3 heteroatoms. The van der Waals surface area contributed by atoms with Gasteiger partial charge in [-0.25, -0.2) is 0 Å². The first kappa shape index (κ1) is 13.6. The highest BCUT2D eigenvalue weighted by molar-refractivity contribution is 9.09. The molecule has 1 aromatic heterocycles. The van der Waals surface area contributed by atoms with Crippen LogP contribution >= 0.6 is 27.5 Å². The minimum absolute atomic E-state index is 0.435. The Labute approximate surface area is 121 Å². The summed E-state index contributed by atoms with van der Waals surface area (Å²) in [6.07, 6.45) is 4.43. The first-order chi connectivity index (χ1) is 8.70. The number of pyridine rings is 1. The van der Waals surface area contributed by atoms with Crippen molar-refractivity contribution >= 4 is 27.5 Å². The summed E-state index contributed by atoms with van der Waals surface area (Å²) in [6.45, 7) is 2.12.